The molecule has 0 N–H and O–H groups in total. The van der Waals surface area contributed by atoms with Crippen LogP contribution in [0.4, 0.5) is 0 Å². The van der Waals surface area contributed by atoms with Gasteiger partial charge < -0.3 is 9.64 Å². The van der Waals surface area contributed by atoms with Gasteiger partial charge in [0.15, 0.2) is 6.10 Å². The fourth-order valence-corrected chi connectivity index (χ4v) is 3.86. The van der Waals surface area contributed by atoms with Crippen LogP contribution in [0, 0.1) is 6.92 Å². The molecule has 0 saturated carbocycles. The Morgan fingerprint density at radius 1 is 1.07 bits per heavy atom. The van der Waals surface area contributed by atoms with Gasteiger partial charge in [0, 0.05) is 44.3 Å². The number of fused-ring (bicyclic) bond motifs is 1. The Kier molecular flexibility index (Phi) is 5.76. The molecule has 1 unspecified atom stereocenters. The lowest BCUT2D eigenvalue weighted by molar-refractivity contribution is -0.139. The zero-order valence-corrected chi connectivity index (χ0v) is 17.0. The van der Waals surface area contributed by atoms with Gasteiger partial charge in [-0.2, -0.15) is 0 Å². The van der Waals surface area contributed by atoms with Crippen LogP contribution in [-0.2, 0) is 11.3 Å². The SMILES string of the molecule is Cc1cccc(OC(C)C(=O)N2CCN(Cc3cccc4cccnc34)CC2)c1. The van der Waals surface area contributed by atoms with E-state index < -0.39 is 6.10 Å². The molecule has 1 saturated heterocycles. The number of ether oxygens (including phenoxy) is 1. The van der Waals surface area contributed by atoms with Gasteiger partial charge in [0.25, 0.3) is 5.91 Å². The normalized spacial score (nSPS) is 16.0. The highest BCUT2D eigenvalue weighted by atomic mass is 16.5. The van der Waals surface area contributed by atoms with Gasteiger partial charge in [-0.25, -0.2) is 0 Å². The quantitative estimate of drug-likeness (QED) is 0.668. The predicted molar refractivity (Wildman–Crippen MR) is 115 cm³/mol. The van der Waals surface area contributed by atoms with Crippen LogP contribution in [0.15, 0.2) is 60.8 Å². The Hall–Kier alpha value is -2.92. The summed E-state index contributed by atoms with van der Waals surface area (Å²) in [6.07, 6.45) is 1.36. The molecule has 0 aliphatic carbocycles. The van der Waals surface area contributed by atoms with Crippen LogP contribution in [-0.4, -0.2) is 53.0 Å². The largest absolute Gasteiger partial charge is 0.481 e. The van der Waals surface area contributed by atoms with E-state index in [9.17, 15) is 4.79 Å². The van der Waals surface area contributed by atoms with E-state index in [2.05, 4.69) is 34.1 Å². The molecule has 5 nitrogen and oxygen atoms in total. The van der Waals surface area contributed by atoms with E-state index >= 15 is 0 Å². The van der Waals surface area contributed by atoms with E-state index in [-0.39, 0.29) is 5.91 Å². The summed E-state index contributed by atoms with van der Waals surface area (Å²) in [5.41, 5.74) is 3.42. The van der Waals surface area contributed by atoms with Gasteiger partial charge in [-0.1, -0.05) is 36.4 Å². The Balaban J connectivity index is 1.33. The molecule has 1 amide bonds. The van der Waals surface area contributed by atoms with Crippen LogP contribution in [0.25, 0.3) is 10.9 Å². The number of pyridine rings is 1. The Labute approximate surface area is 171 Å². The molecule has 0 radical (unpaired) electrons. The number of aryl methyl sites for hydroxylation is 1. The Morgan fingerprint density at radius 2 is 1.83 bits per heavy atom. The van der Waals surface area contributed by atoms with Gasteiger partial charge in [0.05, 0.1) is 5.52 Å². The number of carbonyl (C=O) groups excluding carboxylic acids is 1. The lowest BCUT2D eigenvalue weighted by Gasteiger charge is -2.36. The van der Waals surface area contributed by atoms with Crippen molar-refractivity contribution in [2.45, 2.75) is 26.5 Å². The van der Waals surface area contributed by atoms with E-state index in [0.29, 0.717) is 0 Å². The molecule has 1 aliphatic heterocycles. The zero-order chi connectivity index (χ0) is 20.2. The van der Waals surface area contributed by atoms with Gasteiger partial charge in [-0.15, -0.1) is 0 Å². The van der Waals surface area contributed by atoms with Crippen molar-refractivity contribution in [3.05, 3.63) is 71.9 Å². The van der Waals surface area contributed by atoms with Crippen LogP contribution >= 0.6 is 0 Å². The van der Waals surface area contributed by atoms with Crippen LogP contribution in [0.1, 0.15) is 18.1 Å². The average Bonchev–Trinajstić information content (AvgIpc) is 2.74. The number of aromatic nitrogens is 1. The molecule has 1 fully saturated rings. The first-order valence-electron chi connectivity index (χ1n) is 10.2. The highest BCUT2D eigenvalue weighted by Gasteiger charge is 2.26. The second-order valence-electron chi connectivity index (χ2n) is 7.67. The summed E-state index contributed by atoms with van der Waals surface area (Å²) in [7, 11) is 0. The molecule has 150 valence electrons. The van der Waals surface area contributed by atoms with Gasteiger partial charge in [0.2, 0.25) is 0 Å². The standard InChI is InChI=1S/C24H27N3O2/c1-18-6-3-10-22(16-18)29-19(2)24(28)27-14-12-26(13-15-27)17-21-8-4-7-20-9-5-11-25-23(20)21/h3-11,16,19H,12-15,17H2,1-2H3. The molecular formula is C24H27N3O2. The van der Waals surface area contributed by atoms with Crippen molar-refractivity contribution in [3.63, 3.8) is 0 Å². The summed E-state index contributed by atoms with van der Waals surface area (Å²) in [6, 6.07) is 18.2. The summed E-state index contributed by atoms with van der Waals surface area (Å²) < 4.78 is 5.87. The number of para-hydroxylation sites is 1. The van der Waals surface area contributed by atoms with Crippen molar-refractivity contribution in [2.24, 2.45) is 0 Å². The first-order valence-corrected chi connectivity index (χ1v) is 10.2. The third-order valence-corrected chi connectivity index (χ3v) is 5.44. The van der Waals surface area contributed by atoms with Crippen molar-refractivity contribution in [1.29, 1.82) is 0 Å². The molecule has 5 heteroatoms. The number of piperazine rings is 1. The lowest BCUT2D eigenvalue weighted by atomic mass is 10.1. The van der Waals surface area contributed by atoms with Crippen LogP contribution in [0.2, 0.25) is 0 Å². The molecule has 2 heterocycles. The zero-order valence-electron chi connectivity index (χ0n) is 17.0. The summed E-state index contributed by atoms with van der Waals surface area (Å²) in [5, 5.41) is 1.17. The van der Waals surface area contributed by atoms with Crippen LogP contribution in [0.3, 0.4) is 0 Å². The smallest absolute Gasteiger partial charge is 0.263 e. The summed E-state index contributed by atoms with van der Waals surface area (Å²) in [4.78, 5) is 21.7. The molecule has 1 atom stereocenters. The topological polar surface area (TPSA) is 45.7 Å². The fourth-order valence-electron chi connectivity index (χ4n) is 3.86. The fraction of sp³-hybridized carbons (Fsp3) is 0.333. The molecule has 3 aromatic rings. The second kappa shape index (κ2) is 8.62. The minimum absolute atomic E-state index is 0.0537. The first-order chi connectivity index (χ1) is 14.1. The van der Waals surface area contributed by atoms with E-state index in [1.54, 1.807) is 0 Å². The van der Waals surface area contributed by atoms with Crippen molar-refractivity contribution < 1.29 is 9.53 Å². The van der Waals surface area contributed by atoms with E-state index in [1.807, 2.05) is 55.3 Å². The first kappa shape index (κ1) is 19.4. The van der Waals surface area contributed by atoms with Gasteiger partial charge in [-0.3, -0.25) is 14.7 Å². The average molecular weight is 389 g/mol. The summed E-state index contributed by atoms with van der Waals surface area (Å²) in [5.74, 6) is 0.797. The van der Waals surface area contributed by atoms with E-state index in [4.69, 9.17) is 4.74 Å². The summed E-state index contributed by atoms with van der Waals surface area (Å²) >= 11 is 0. The van der Waals surface area contributed by atoms with Gasteiger partial charge >= 0.3 is 0 Å². The maximum absolute atomic E-state index is 12.8. The van der Waals surface area contributed by atoms with Crippen LogP contribution < -0.4 is 4.74 Å². The minimum atomic E-state index is -0.481. The van der Waals surface area contributed by atoms with Crippen LogP contribution in [0.5, 0.6) is 5.75 Å². The molecular weight excluding hydrogens is 362 g/mol. The number of amides is 1. The Bertz CT molecular complexity index is 991. The molecule has 1 aromatic heterocycles. The maximum Gasteiger partial charge on any atom is 0.263 e. The van der Waals surface area contributed by atoms with Crippen molar-refractivity contribution in [1.82, 2.24) is 14.8 Å². The number of nitrogens with zero attached hydrogens (tertiary/aromatic N) is 3. The molecule has 0 bridgehead atoms. The predicted octanol–water partition coefficient (Wildman–Crippen LogP) is 3.65. The number of rotatable bonds is 5. The molecule has 4 rings (SSSR count). The third kappa shape index (κ3) is 4.57. The van der Waals surface area contributed by atoms with E-state index in [0.717, 1.165) is 49.6 Å². The third-order valence-electron chi connectivity index (χ3n) is 5.44. The van der Waals surface area contributed by atoms with E-state index in [1.165, 1.54) is 10.9 Å². The molecule has 1 aliphatic rings. The lowest BCUT2D eigenvalue weighted by Crippen LogP contribution is -2.51. The number of hydrogen-bond donors (Lipinski definition) is 0. The molecule has 2 aromatic carbocycles. The second-order valence-corrected chi connectivity index (χ2v) is 7.67. The van der Waals surface area contributed by atoms with Gasteiger partial charge in [0.1, 0.15) is 5.75 Å². The van der Waals surface area contributed by atoms with Crippen molar-refractivity contribution in [2.75, 3.05) is 26.2 Å². The monoisotopic (exact) mass is 389 g/mol. The molecule has 29 heavy (non-hydrogen) atoms. The maximum atomic E-state index is 12.8. The molecule has 0 spiro atoms. The Morgan fingerprint density at radius 3 is 2.62 bits per heavy atom. The minimum Gasteiger partial charge on any atom is -0.481 e. The number of carbonyl (C=O) groups is 1. The summed E-state index contributed by atoms with van der Waals surface area (Å²) in [6.45, 7) is 7.85. The van der Waals surface area contributed by atoms with Crippen molar-refractivity contribution in [3.8, 4) is 5.75 Å². The highest BCUT2D eigenvalue weighted by Crippen LogP contribution is 2.19. The van der Waals surface area contributed by atoms with Gasteiger partial charge in [-0.05, 0) is 43.2 Å². The highest BCUT2D eigenvalue weighted by molar-refractivity contribution is 5.82. The number of benzene rings is 2. The number of hydrogen-bond acceptors (Lipinski definition) is 4. The van der Waals surface area contributed by atoms with Crippen molar-refractivity contribution >= 4 is 16.8 Å².